The summed E-state index contributed by atoms with van der Waals surface area (Å²) < 4.78 is 44.0. The Kier molecular flexibility index (Phi) is 5.73. The highest BCUT2D eigenvalue weighted by molar-refractivity contribution is 6.07. The number of hydrogen-bond donors (Lipinski definition) is 1. The quantitative estimate of drug-likeness (QED) is 0.779. The van der Waals surface area contributed by atoms with Gasteiger partial charge in [-0.1, -0.05) is 25.5 Å². The number of benzene rings is 1. The van der Waals surface area contributed by atoms with Gasteiger partial charge in [-0.05, 0) is 54.7 Å². The molecule has 3 rings (SSSR count). The van der Waals surface area contributed by atoms with Crippen molar-refractivity contribution < 1.29 is 22.7 Å². The van der Waals surface area contributed by atoms with Gasteiger partial charge in [0.15, 0.2) is 11.5 Å². The van der Waals surface area contributed by atoms with Gasteiger partial charge in [0, 0.05) is 13.0 Å². The smallest absolute Gasteiger partial charge is 0.387 e. The second-order valence-electron chi connectivity index (χ2n) is 7.35. The van der Waals surface area contributed by atoms with Gasteiger partial charge in [0.05, 0.1) is 0 Å². The van der Waals surface area contributed by atoms with Crippen LogP contribution in [-0.2, 0) is 21.5 Å². The minimum absolute atomic E-state index is 0.0565. The first-order valence-electron chi connectivity index (χ1n) is 9.45. The van der Waals surface area contributed by atoms with E-state index in [1.165, 1.54) is 24.1 Å². The van der Waals surface area contributed by atoms with Crippen molar-refractivity contribution in [2.45, 2.75) is 45.3 Å². The summed E-state index contributed by atoms with van der Waals surface area (Å²) in [5.41, 5.74) is 6.17. The van der Waals surface area contributed by atoms with Crippen molar-refractivity contribution in [2.75, 3.05) is 7.05 Å². The number of ether oxygens (including phenoxy) is 1. The molecule has 5 nitrogen and oxygen atoms in total. The number of amides is 1. The van der Waals surface area contributed by atoms with Gasteiger partial charge in [0.2, 0.25) is 0 Å². The van der Waals surface area contributed by atoms with E-state index in [4.69, 9.17) is 5.73 Å². The average Bonchev–Trinajstić information content (AvgIpc) is 2.90. The van der Waals surface area contributed by atoms with Crippen molar-refractivity contribution in [3.63, 3.8) is 0 Å². The van der Waals surface area contributed by atoms with Crippen LogP contribution in [0.25, 0.3) is 0 Å². The molecule has 1 aromatic carbocycles. The largest absolute Gasteiger partial charge is 0.435 e. The molecular formula is C21H24F3N3O2. The van der Waals surface area contributed by atoms with E-state index in [-0.39, 0.29) is 29.9 Å². The summed E-state index contributed by atoms with van der Waals surface area (Å²) in [6, 6.07) is 4.53. The number of allylic oxidation sites excluding steroid dienone is 2. The fourth-order valence-electron chi connectivity index (χ4n) is 3.95. The molecule has 1 aliphatic heterocycles. The van der Waals surface area contributed by atoms with Gasteiger partial charge in [0.1, 0.15) is 11.6 Å². The molecule has 2 atom stereocenters. The number of aliphatic imine (C=N–C) groups is 1. The molecule has 156 valence electrons. The van der Waals surface area contributed by atoms with Gasteiger partial charge >= 0.3 is 6.61 Å². The molecule has 0 fully saturated rings. The first kappa shape index (κ1) is 21.0. The number of hydrogen-bond acceptors (Lipinski definition) is 4. The van der Waals surface area contributed by atoms with Crippen LogP contribution in [0.5, 0.6) is 0 Å². The average molecular weight is 407 g/mol. The zero-order valence-corrected chi connectivity index (χ0v) is 16.6. The van der Waals surface area contributed by atoms with Gasteiger partial charge in [-0.3, -0.25) is 9.69 Å². The van der Waals surface area contributed by atoms with Gasteiger partial charge in [-0.25, -0.2) is 9.38 Å². The Morgan fingerprint density at radius 2 is 2.14 bits per heavy atom. The van der Waals surface area contributed by atoms with E-state index in [0.717, 1.165) is 6.42 Å². The maximum atomic E-state index is 14.2. The summed E-state index contributed by atoms with van der Waals surface area (Å²) in [5.74, 6) is -1.04. The monoisotopic (exact) mass is 407 g/mol. The molecule has 0 bridgehead atoms. The minimum atomic E-state index is -2.93. The van der Waals surface area contributed by atoms with Crippen LogP contribution >= 0.6 is 0 Å². The Labute approximate surface area is 167 Å². The van der Waals surface area contributed by atoms with E-state index < -0.39 is 18.1 Å². The van der Waals surface area contributed by atoms with Gasteiger partial charge in [-0.15, -0.1) is 0 Å². The van der Waals surface area contributed by atoms with Crippen LogP contribution in [0.1, 0.15) is 37.8 Å². The number of alkyl halides is 2. The lowest BCUT2D eigenvalue weighted by atomic mass is 9.73. The predicted octanol–water partition coefficient (Wildman–Crippen LogP) is 3.85. The van der Waals surface area contributed by atoms with Crippen LogP contribution in [0.3, 0.4) is 0 Å². The van der Waals surface area contributed by atoms with Crippen molar-refractivity contribution in [2.24, 2.45) is 16.6 Å². The molecule has 2 aliphatic rings. The molecule has 0 spiro atoms. The summed E-state index contributed by atoms with van der Waals surface area (Å²) >= 11 is 0. The molecule has 2 N–H and O–H groups in total. The highest BCUT2D eigenvalue weighted by atomic mass is 19.3. The molecule has 29 heavy (non-hydrogen) atoms. The molecule has 8 heteroatoms. The highest BCUT2D eigenvalue weighted by Gasteiger charge is 2.53. The molecule has 0 saturated heterocycles. The molecule has 0 saturated carbocycles. The molecule has 1 aromatic rings. The number of rotatable bonds is 6. The van der Waals surface area contributed by atoms with E-state index in [2.05, 4.69) is 9.73 Å². The maximum absolute atomic E-state index is 14.2. The summed E-state index contributed by atoms with van der Waals surface area (Å²) in [7, 11) is 1.53. The normalized spacial score (nSPS) is 24.5. The SMILES string of the molecule is CCCc1cc([C@@]2(C3C=CC(OC(F)F)=C(C)C3)N=C(N)N(C)C2=O)ccc1F. The molecule has 0 aromatic heterocycles. The van der Waals surface area contributed by atoms with E-state index in [9.17, 15) is 18.0 Å². The lowest BCUT2D eigenvalue weighted by molar-refractivity contribution is -0.132. The predicted molar refractivity (Wildman–Crippen MR) is 104 cm³/mol. The third-order valence-corrected chi connectivity index (χ3v) is 5.45. The second-order valence-corrected chi connectivity index (χ2v) is 7.35. The van der Waals surface area contributed by atoms with Crippen molar-refractivity contribution >= 4 is 11.9 Å². The third kappa shape index (κ3) is 3.63. The molecular weight excluding hydrogens is 383 g/mol. The first-order chi connectivity index (χ1) is 13.7. The summed E-state index contributed by atoms with van der Waals surface area (Å²) in [6.07, 6.45) is 4.61. The lowest BCUT2D eigenvalue weighted by Gasteiger charge is -2.34. The van der Waals surface area contributed by atoms with Crippen LogP contribution in [0.15, 0.2) is 46.7 Å². The topological polar surface area (TPSA) is 67.9 Å². The van der Waals surface area contributed by atoms with Crippen molar-refractivity contribution in [3.05, 3.63) is 58.6 Å². The second kappa shape index (κ2) is 7.93. The summed E-state index contributed by atoms with van der Waals surface area (Å²) in [5, 5.41) is 0. The Balaban J connectivity index is 2.09. The third-order valence-electron chi connectivity index (χ3n) is 5.45. The van der Waals surface area contributed by atoms with Crippen LogP contribution < -0.4 is 5.73 Å². The van der Waals surface area contributed by atoms with Crippen LogP contribution in [-0.4, -0.2) is 30.4 Å². The number of carbonyl (C=O) groups excluding carboxylic acids is 1. The van der Waals surface area contributed by atoms with Crippen LogP contribution in [0.4, 0.5) is 13.2 Å². The fourth-order valence-corrected chi connectivity index (χ4v) is 3.95. The zero-order chi connectivity index (χ0) is 21.3. The maximum Gasteiger partial charge on any atom is 0.387 e. The number of likely N-dealkylation sites (N-methyl/N-ethyl adjacent to an activating group) is 1. The highest BCUT2D eigenvalue weighted by Crippen LogP contribution is 2.45. The summed E-state index contributed by atoms with van der Waals surface area (Å²) in [4.78, 5) is 19.1. The number of nitrogens with two attached hydrogens (primary N) is 1. The van der Waals surface area contributed by atoms with Crippen molar-refractivity contribution in [3.8, 4) is 0 Å². The van der Waals surface area contributed by atoms with Gasteiger partial charge in [0.25, 0.3) is 5.91 Å². The molecule has 1 heterocycles. The van der Waals surface area contributed by atoms with Crippen molar-refractivity contribution in [1.82, 2.24) is 4.90 Å². The van der Waals surface area contributed by atoms with Gasteiger partial charge in [-0.2, -0.15) is 8.78 Å². The Morgan fingerprint density at radius 3 is 2.69 bits per heavy atom. The number of guanidine groups is 1. The van der Waals surface area contributed by atoms with Crippen molar-refractivity contribution in [1.29, 1.82) is 0 Å². The first-order valence-corrected chi connectivity index (χ1v) is 9.45. The number of aryl methyl sites for hydroxylation is 1. The van der Waals surface area contributed by atoms with Gasteiger partial charge < -0.3 is 10.5 Å². The molecule has 1 unspecified atom stereocenters. The van der Waals surface area contributed by atoms with E-state index in [0.29, 0.717) is 23.1 Å². The summed E-state index contributed by atoms with van der Waals surface area (Å²) in [6.45, 7) is 0.678. The van der Waals surface area contributed by atoms with E-state index in [1.807, 2.05) is 6.92 Å². The number of carbonyl (C=O) groups is 1. The fraction of sp³-hybridized carbons (Fsp3) is 0.429. The Hall–Kier alpha value is -2.77. The molecule has 1 amide bonds. The Morgan fingerprint density at radius 1 is 1.41 bits per heavy atom. The number of nitrogens with zero attached hydrogens (tertiary/aromatic N) is 2. The minimum Gasteiger partial charge on any atom is -0.435 e. The van der Waals surface area contributed by atoms with E-state index in [1.54, 1.807) is 25.1 Å². The van der Waals surface area contributed by atoms with E-state index >= 15 is 0 Å². The molecule has 1 aliphatic carbocycles. The lowest BCUT2D eigenvalue weighted by Crippen LogP contribution is -2.45. The van der Waals surface area contributed by atoms with Crippen LogP contribution in [0.2, 0.25) is 0 Å². The number of halogens is 3. The van der Waals surface area contributed by atoms with Crippen LogP contribution in [0, 0.1) is 11.7 Å². The zero-order valence-electron chi connectivity index (χ0n) is 16.6. The standard InChI is InChI=1S/C21H24F3N3O2/c1-4-5-13-11-15(6-8-16(13)22)21(18(28)27(3)20(25)26-21)14-7-9-17(12(2)10-14)29-19(23)24/h6-9,11,14,19H,4-5,10H2,1-3H3,(H2,25,26)/t14?,21-/m1/s1. The Bertz CT molecular complexity index is 910. The molecule has 0 radical (unpaired) electrons.